The highest BCUT2D eigenvalue weighted by Crippen LogP contribution is 1.98. The molecular weight excluding hydrogens is 128 g/mol. The molecule has 2 heteroatoms. The van der Waals surface area contributed by atoms with E-state index in [0.29, 0.717) is 6.10 Å². The Balaban J connectivity index is 2.77. The Labute approximate surface area is 63.5 Å². The first-order valence-electron chi connectivity index (χ1n) is 3.73. The monoisotopic (exact) mass is 145 g/mol. The van der Waals surface area contributed by atoms with Gasteiger partial charge in [0.2, 0.25) is 0 Å². The largest absolute Gasteiger partial charge is 0.385 e. The molecule has 0 aromatic heterocycles. The van der Waals surface area contributed by atoms with Crippen LogP contribution in [0.2, 0.25) is 0 Å². The first kappa shape index (κ1) is 9.92. The Kier molecular flexibility index (Phi) is 6.98. The minimum atomic E-state index is 0.308. The highest BCUT2D eigenvalue weighted by atomic mass is 16.5. The average Bonchev–Trinajstić information content (AvgIpc) is 1.87. The Morgan fingerprint density at radius 3 is 2.60 bits per heavy atom. The second-order valence-corrected chi connectivity index (χ2v) is 2.49. The molecule has 2 nitrogen and oxygen atoms in total. The van der Waals surface area contributed by atoms with E-state index in [0.717, 1.165) is 19.4 Å². The van der Waals surface area contributed by atoms with Crippen molar-refractivity contribution < 1.29 is 9.47 Å². The molecule has 0 N–H and O–H groups in total. The number of rotatable bonds is 6. The van der Waals surface area contributed by atoms with Crippen LogP contribution in [-0.2, 0) is 9.47 Å². The van der Waals surface area contributed by atoms with Gasteiger partial charge in [-0.15, -0.1) is 0 Å². The molecule has 0 amide bonds. The van der Waals surface area contributed by atoms with Gasteiger partial charge in [-0.3, -0.25) is 0 Å². The van der Waals surface area contributed by atoms with E-state index in [9.17, 15) is 0 Å². The molecule has 0 atom stereocenters. The predicted octanol–water partition coefficient (Wildman–Crippen LogP) is 2.00. The lowest BCUT2D eigenvalue weighted by atomic mass is 10.3. The normalized spacial score (nSPS) is 10.8. The van der Waals surface area contributed by atoms with Gasteiger partial charge in [-0.2, -0.15) is 0 Å². The smallest absolute Gasteiger partial charge is 0.0841 e. The van der Waals surface area contributed by atoms with E-state index in [1.165, 1.54) is 0 Å². The zero-order valence-corrected chi connectivity index (χ0v) is 7.09. The van der Waals surface area contributed by atoms with Crippen LogP contribution < -0.4 is 0 Å². The van der Waals surface area contributed by atoms with Gasteiger partial charge in [0.15, 0.2) is 0 Å². The maximum atomic E-state index is 5.21. The van der Waals surface area contributed by atoms with Crippen LogP contribution in [0, 0.1) is 6.61 Å². The van der Waals surface area contributed by atoms with Crippen molar-refractivity contribution in [2.24, 2.45) is 0 Å². The molecule has 0 aliphatic rings. The molecule has 10 heavy (non-hydrogen) atoms. The lowest BCUT2D eigenvalue weighted by molar-refractivity contribution is 0.121. The molecule has 0 fully saturated rings. The highest BCUT2D eigenvalue weighted by molar-refractivity contribution is 4.52. The lowest BCUT2D eigenvalue weighted by Crippen LogP contribution is -2.00. The van der Waals surface area contributed by atoms with Gasteiger partial charge in [-0.1, -0.05) is 0 Å². The highest BCUT2D eigenvalue weighted by Gasteiger charge is 1.92. The van der Waals surface area contributed by atoms with Crippen molar-refractivity contribution in [3.8, 4) is 0 Å². The van der Waals surface area contributed by atoms with Gasteiger partial charge >= 0.3 is 0 Å². The summed E-state index contributed by atoms with van der Waals surface area (Å²) in [6.07, 6.45) is 2.33. The van der Waals surface area contributed by atoms with Crippen molar-refractivity contribution in [2.75, 3.05) is 13.7 Å². The van der Waals surface area contributed by atoms with Crippen LogP contribution in [0.15, 0.2) is 0 Å². The van der Waals surface area contributed by atoms with Gasteiger partial charge < -0.3 is 9.47 Å². The third-order valence-corrected chi connectivity index (χ3v) is 1.04. The van der Waals surface area contributed by atoms with Crippen LogP contribution in [0.25, 0.3) is 0 Å². The van der Waals surface area contributed by atoms with E-state index in [-0.39, 0.29) is 0 Å². The van der Waals surface area contributed by atoms with E-state index in [4.69, 9.17) is 9.47 Å². The zero-order chi connectivity index (χ0) is 7.82. The van der Waals surface area contributed by atoms with E-state index >= 15 is 0 Å². The maximum absolute atomic E-state index is 5.21. The minimum absolute atomic E-state index is 0.308. The maximum Gasteiger partial charge on any atom is 0.0841 e. The van der Waals surface area contributed by atoms with Crippen molar-refractivity contribution in [3.63, 3.8) is 0 Å². The summed E-state index contributed by atoms with van der Waals surface area (Å²) in [5.41, 5.74) is 0. The van der Waals surface area contributed by atoms with E-state index in [2.05, 4.69) is 0 Å². The predicted molar refractivity (Wildman–Crippen MR) is 41.6 cm³/mol. The fourth-order valence-corrected chi connectivity index (χ4v) is 0.571. The molecule has 0 unspecified atom stereocenters. The SMILES string of the molecule is COCCC[CH]OC(C)C. The molecule has 61 valence electrons. The van der Waals surface area contributed by atoms with Gasteiger partial charge in [-0.05, 0) is 26.7 Å². The first-order chi connectivity index (χ1) is 4.77. The van der Waals surface area contributed by atoms with Crippen LogP contribution >= 0.6 is 0 Å². The first-order valence-corrected chi connectivity index (χ1v) is 3.73. The Morgan fingerprint density at radius 1 is 1.40 bits per heavy atom. The average molecular weight is 145 g/mol. The number of ether oxygens (including phenoxy) is 2. The van der Waals surface area contributed by atoms with E-state index in [1.807, 2.05) is 20.5 Å². The molecule has 0 aromatic carbocycles. The van der Waals surface area contributed by atoms with Crippen molar-refractivity contribution in [1.82, 2.24) is 0 Å². The second kappa shape index (κ2) is 7.03. The van der Waals surface area contributed by atoms with Gasteiger partial charge in [0.1, 0.15) is 0 Å². The summed E-state index contributed by atoms with van der Waals surface area (Å²) in [7, 11) is 1.71. The number of hydrogen-bond acceptors (Lipinski definition) is 2. The van der Waals surface area contributed by atoms with Gasteiger partial charge in [0.05, 0.1) is 12.7 Å². The molecule has 0 aliphatic heterocycles. The van der Waals surface area contributed by atoms with Gasteiger partial charge in [0.25, 0.3) is 0 Å². The molecule has 0 saturated heterocycles. The van der Waals surface area contributed by atoms with Crippen LogP contribution in [-0.4, -0.2) is 19.8 Å². The third kappa shape index (κ3) is 7.92. The molecule has 0 rings (SSSR count). The number of hydrogen-bond donors (Lipinski definition) is 0. The van der Waals surface area contributed by atoms with E-state index in [1.54, 1.807) is 7.11 Å². The second-order valence-electron chi connectivity index (χ2n) is 2.49. The van der Waals surface area contributed by atoms with Crippen LogP contribution in [0.1, 0.15) is 26.7 Å². The topological polar surface area (TPSA) is 18.5 Å². The fraction of sp³-hybridized carbons (Fsp3) is 0.875. The molecule has 0 saturated carbocycles. The summed E-state index contributed by atoms with van der Waals surface area (Å²) < 4.78 is 10.1. The number of methoxy groups -OCH3 is 1. The summed E-state index contributed by atoms with van der Waals surface area (Å²) >= 11 is 0. The summed E-state index contributed by atoms with van der Waals surface area (Å²) in [6.45, 7) is 6.71. The molecule has 0 aromatic rings. The van der Waals surface area contributed by atoms with Crippen LogP contribution in [0.3, 0.4) is 0 Å². The van der Waals surface area contributed by atoms with Crippen molar-refractivity contribution in [1.29, 1.82) is 0 Å². The summed E-state index contributed by atoms with van der Waals surface area (Å²) in [4.78, 5) is 0. The number of unbranched alkanes of at least 4 members (excludes halogenated alkanes) is 1. The fourth-order valence-electron chi connectivity index (χ4n) is 0.571. The lowest BCUT2D eigenvalue weighted by Gasteiger charge is -2.05. The van der Waals surface area contributed by atoms with Crippen molar-refractivity contribution >= 4 is 0 Å². The molecular formula is C8H17O2. The molecule has 0 aliphatic carbocycles. The molecule has 0 heterocycles. The van der Waals surface area contributed by atoms with Crippen LogP contribution in [0.5, 0.6) is 0 Å². The van der Waals surface area contributed by atoms with Gasteiger partial charge in [-0.25, -0.2) is 0 Å². The van der Waals surface area contributed by atoms with Gasteiger partial charge in [0, 0.05) is 13.7 Å². The molecule has 0 bridgehead atoms. The van der Waals surface area contributed by atoms with E-state index < -0.39 is 0 Å². The summed E-state index contributed by atoms with van der Waals surface area (Å²) in [5, 5.41) is 0. The summed E-state index contributed by atoms with van der Waals surface area (Å²) in [5.74, 6) is 0. The standard InChI is InChI=1S/C8H17O2/c1-8(2)10-7-5-4-6-9-3/h7-8H,4-6H2,1-3H3. The third-order valence-electron chi connectivity index (χ3n) is 1.04. The minimum Gasteiger partial charge on any atom is -0.385 e. The van der Waals surface area contributed by atoms with Crippen molar-refractivity contribution in [2.45, 2.75) is 32.8 Å². The molecule has 0 spiro atoms. The Morgan fingerprint density at radius 2 is 2.10 bits per heavy atom. The Hall–Kier alpha value is -0.0800. The van der Waals surface area contributed by atoms with Crippen molar-refractivity contribution in [3.05, 3.63) is 6.61 Å². The quantitative estimate of drug-likeness (QED) is 0.532. The van der Waals surface area contributed by atoms with Crippen LogP contribution in [0.4, 0.5) is 0 Å². The Bertz CT molecular complexity index is 62.3. The zero-order valence-electron chi connectivity index (χ0n) is 7.09. The summed E-state index contributed by atoms with van der Waals surface area (Å²) in [6, 6.07) is 0. The molecule has 1 radical (unpaired) electrons.